The number of carboxylic acid groups (broad SMARTS) is 1. The van der Waals surface area contributed by atoms with Crippen molar-refractivity contribution in [3.63, 3.8) is 0 Å². The molecule has 1 amide bonds. The molecule has 0 spiro atoms. The predicted octanol–water partition coefficient (Wildman–Crippen LogP) is 1.72. The summed E-state index contributed by atoms with van der Waals surface area (Å²) in [6.07, 6.45) is 2.82. The molecule has 0 radical (unpaired) electrons. The van der Waals surface area contributed by atoms with Crippen LogP contribution in [0.5, 0.6) is 0 Å². The molecule has 0 aliphatic rings. The summed E-state index contributed by atoms with van der Waals surface area (Å²) >= 11 is 0. The number of aliphatic carboxylic acids is 1. The molecule has 1 unspecified atom stereocenters. The van der Waals surface area contributed by atoms with Crippen molar-refractivity contribution in [2.24, 2.45) is 5.92 Å². The topological polar surface area (TPSA) is 69.6 Å². The molecular formula is C14H28N2O3. The highest BCUT2D eigenvalue weighted by Crippen LogP contribution is 2.06. The molecule has 112 valence electrons. The predicted molar refractivity (Wildman–Crippen MR) is 76.0 cm³/mol. The highest BCUT2D eigenvalue weighted by molar-refractivity contribution is 5.78. The minimum atomic E-state index is -0.792. The Labute approximate surface area is 116 Å². The summed E-state index contributed by atoms with van der Waals surface area (Å²) in [4.78, 5) is 24.0. The lowest BCUT2D eigenvalue weighted by Crippen LogP contribution is -2.40. The van der Waals surface area contributed by atoms with Gasteiger partial charge in [0.1, 0.15) is 0 Å². The van der Waals surface area contributed by atoms with E-state index in [9.17, 15) is 9.59 Å². The van der Waals surface area contributed by atoms with Crippen LogP contribution in [0.15, 0.2) is 0 Å². The van der Waals surface area contributed by atoms with Crippen LogP contribution in [0.25, 0.3) is 0 Å². The van der Waals surface area contributed by atoms with Crippen LogP contribution in [-0.2, 0) is 9.59 Å². The molecule has 0 saturated carbocycles. The molecule has 2 N–H and O–H groups in total. The zero-order chi connectivity index (χ0) is 14.8. The van der Waals surface area contributed by atoms with Crippen molar-refractivity contribution in [1.29, 1.82) is 0 Å². The van der Waals surface area contributed by atoms with Crippen molar-refractivity contribution in [2.45, 2.75) is 52.5 Å². The first kappa shape index (κ1) is 17.9. The summed E-state index contributed by atoms with van der Waals surface area (Å²) < 4.78 is 0. The summed E-state index contributed by atoms with van der Waals surface area (Å²) in [5.74, 6) is -0.132. The van der Waals surface area contributed by atoms with Gasteiger partial charge < -0.3 is 10.4 Å². The number of hydrogen-bond donors (Lipinski definition) is 2. The number of nitrogens with zero attached hydrogens (tertiary/aromatic N) is 1. The maximum absolute atomic E-state index is 11.7. The Morgan fingerprint density at radius 3 is 2.37 bits per heavy atom. The fraction of sp³-hybridized carbons (Fsp3) is 0.857. The molecule has 1 atom stereocenters. The van der Waals surface area contributed by atoms with Gasteiger partial charge in [0.25, 0.3) is 0 Å². The van der Waals surface area contributed by atoms with E-state index in [2.05, 4.69) is 19.2 Å². The average Bonchev–Trinajstić information content (AvgIpc) is 2.25. The van der Waals surface area contributed by atoms with Crippen molar-refractivity contribution in [3.05, 3.63) is 0 Å². The number of carbonyl (C=O) groups is 2. The molecule has 5 heteroatoms. The molecule has 0 saturated heterocycles. The van der Waals surface area contributed by atoms with Gasteiger partial charge in [0, 0.05) is 12.5 Å². The van der Waals surface area contributed by atoms with Gasteiger partial charge in [-0.15, -0.1) is 0 Å². The van der Waals surface area contributed by atoms with E-state index in [1.807, 2.05) is 18.9 Å². The number of nitrogens with one attached hydrogen (secondary N) is 1. The summed E-state index contributed by atoms with van der Waals surface area (Å²) in [7, 11) is 1.83. The van der Waals surface area contributed by atoms with Crippen LogP contribution in [-0.4, -0.2) is 48.1 Å². The van der Waals surface area contributed by atoms with Crippen LogP contribution in [0.2, 0.25) is 0 Å². The first-order chi connectivity index (χ1) is 8.81. The van der Waals surface area contributed by atoms with E-state index in [-0.39, 0.29) is 18.4 Å². The molecule has 0 aliphatic heterocycles. The molecular weight excluding hydrogens is 244 g/mol. The van der Waals surface area contributed by atoms with Gasteiger partial charge in [-0.25, -0.2) is 0 Å². The molecule has 0 aliphatic carbocycles. The Balaban J connectivity index is 3.74. The largest absolute Gasteiger partial charge is 0.481 e. The third-order valence-corrected chi connectivity index (χ3v) is 2.93. The van der Waals surface area contributed by atoms with Crippen molar-refractivity contribution in [2.75, 3.05) is 20.1 Å². The summed E-state index contributed by atoms with van der Waals surface area (Å²) in [5.41, 5.74) is 0. The summed E-state index contributed by atoms with van der Waals surface area (Å²) in [5, 5.41) is 11.5. The smallest absolute Gasteiger partial charge is 0.303 e. The van der Waals surface area contributed by atoms with E-state index in [4.69, 9.17) is 5.11 Å². The van der Waals surface area contributed by atoms with Crippen LogP contribution < -0.4 is 5.32 Å². The standard InChI is InChI=1S/C14H28N2O3/c1-11(2)7-8-12(3)15-13(17)10-16(4)9-5-6-14(18)19/h11-12H,5-10H2,1-4H3,(H,15,17)(H,18,19). The van der Waals surface area contributed by atoms with E-state index in [0.717, 1.165) is 12.8 Å². The van der Waals surface area contributed by atoms with Crippen LogP contribution in [0, 0.1) is 5.92 Å². The van der Waals surface area contributed by atoms with Crippen molar-refractivity contribution >= 4 is 11.9 Å². The number of amides is 1. The lowest BCUT2D eigenvalue weighted by atomic mass is 10.0. The SMILES string of the molecule is CC(C)CCC(C)NC(=O)CN(C)CCCC(=O)O. The van der Waals surface area contributed by atoms with Gasteiger partial charge >= 0.3 is 5.97 Å². The van der Waals surface area contributed by atoms with Crippen molar-refractivity contribution in [1.82, 2.24) is 10.2 Å². The Hall–Kier alpha value is -1.10. The lowest BCUT2D eigenvalue weighted by Gasteiger charge is -2.19. The lowest BCUT2D eigenvalue weighted by molar-refractivity contribution is -0.137. The zero-order valence-electron chi connectivity index (χ0n) is 12.6. The van der Waals surface area contributed by atoms with Gasteiger partial charge in [0.15, 0.2) is 0 Å². The summed E-state index contributed by atoms with van der Waals surface area (Å²) in [6, 6.07) is 0.197. The van der Waals surface area contributed by atoms with Crippen LogP contribution in [0.4, 0.5) is 0 Å². The normalized spacial score (nSPS) is 12.7. The fourth-order valence-corrected chi connectivity index (χ4v) is 1.80. The van der Waals surface area contributed by atoms with Crippen molar-refractivity contribution in [3.8, 4) is 0 Å². The second-order valence-electron chi connectivity index (χ2n) is 5.67. The molecule has 0 aromatic heterocycles. The van der Waals surface area contributed by atoms with E-state index < -0.39 is 5.97 Å². The molecule has 0 fully saturated rings. The third kappa shape index (κ3) is 11.7. The zero-order valence-corrected chi connectivity index (χ0v) is 12.6. The number of rotatable bonds is 10. The highest BCUT2D eigenvalue weighted by atomic mass is 16.4. The van der Waals surface area contributed by atoms with Gasteiger partial charge in [-0.05, 0) is 45.7 Å². The Morgan fingerprint density at radius 1 is 1.21 bits per heavy atom. The van der Waals surface area contributed by atoms with Crippen LogP contribution in [0.3, 0.4) is 0 Å². The van der Waals surface area contributed by atoms with Gasteiger partial charge in [0.2, 0.25) is 5.91 Å². The van der Waals surface area contributed by atoms with E-state index in [0.29, 0.717) is 25.4 Å². The molecule has 0 rings (SSSR count). The maximum atomic E-state index is 11.7. The van der Waals surface area contributed by atoms with Gasteiger partial charge in [-0.3, -0.25) is 14.5 Å². The van der Waals surface area contributed by atoms with Gasteiger partial charge in [-0.2, -0.15) is 0 Å². The second-order valence-corrected chi connectivity index (χ2v) is 5.67. The van der Waals surface area contributed by atoms with Crippen LogP contribution in [0.1, 0.15) is 46.5 Å². The van der Waals surface area contributed by atoms with Gasteiger partial charge in [-0.1, -0.05) is 13.8 Å². The monoisotopic (exact) mass is 272 g/mol. The number of hydrogen-bond acceptors (Lipinski definition) is 3. The quantitative estimate of drug-likeness (QED) is 0.635. The Morgan fingerprint density at radius 2 is 1.84 bits per heavy atom. The van der Waals surface area contributed by atoms with Crippen LogP contribution >= 0.6 is 0 Å². The first-order valence-corrected chi connectivity index (χ1v) is 7.01. The molecule has 0 aromatic carbocycles. The average molecular weight is 272 g/mol. The van der Waals surface area contributed by atoms with E-state index >= 15 is 0 Å². The Bertz CT molecular complexity index is 280. The first-order valence-electron chi connectivity index (χ1n) is 7.01. The second kappa shape index (κ2) is 9.78. The number of carboxylic acids is 1. The molecule has 5 nitrogen and oxygen atoms in total. The number of carbonyl (C=O) groups excluding carboxylic acids is 1. The fourth-order valence-electron chi connectivity index (χ4n) is 1.80. The molecule has 19 heavy (non-hydrogen) atoms. The van der Waals surface area contributed by atoms with Crippen molar-refractivity contribution < 1.29 is 14.7 Å². The minimum absolute atomic E-state index is 0.00841. The maximum Gasteiger partial charge on any atom is 0.303 e. The molecule has 0 bridgehead atoms. The van der Waals surface area contributed by atoms with E-state index in [1.54, 1.807) is 0 Å². The molecule has 0 aromatic rings. The minimum Gasteiger partial charge on any atom is -0.481 e. The Kier molecular flexibility index (Phi) is 9.21. The summed E-state index contributed by atoms with van der Waals surface area (Å²) in [6.45, 7) is 7.31. The molecule has 0 heterocycles. The number of likely N-dealkylation sites (N-methyl/N-ethyl adjacent to an activating group) is 1. The van der Waals surface area contributed by atoms with Gasteiger partial charge in [0.05, 0.1) is 6.54 Å². The highest BCUT2D eigenvalue weighted by Gasteiger charge is 2.10. The third-order valence-electron chi connectivity index (χ3n) is 2.93. The van der Waals surface area contributed by atoms with E-state index in [1.165, 1.54) is 0 Å².